The fourth-order valence-electron chi connectivity index (χ4n) is 4.68. The highest BCUT2D eigenvalue weighted by Gasteiger charge is 2.73. The van der Waals surface area contributed by atoms with Crippen molar-refractivity contribution in [3.8, 4) is 0 Å². The van der Waals surface area contributed by atoms with Crippen molar-refractivity contribution in [1.29, 1.82) is 0 Å². The van der Waals surface area contributed by atoms with E-state index in [0.717, 1.165) is 17.3 Å². The van der Waals surface area contributed by atoms with E-state index in [1.54, 1.807) is 0 Å². The summed E-state index contributed by atoms with van der Waals surface area (Å²) in [6.07, 6.45) is 1.34. The van der Waals surface area contributed by atoms with Crippen LogP contribution in [-0.2, 0) is 14.3 Å². The molecule has 0 amide bonds. The summed E-state index contributed by atoms with van der Waals surface area (Å²) in [5.41, 5.74) is 1.66. The third-order valence-corrected chi connectivity index (χ3v) is 7.13. The van der Waals surface area contributed by atoms with Gasteiger partial charge in [-0.05, 0) is 30.9 Å². The molecular formula is C22H23IO3. The Balaban J connectivity index is 1.79. The molecule has 0 radical (unpaired) electrons. The van der Waals surface area contributed by atoms with Crippen LogP contribution in [0.3, 0.4) is 0 Å². The number of benzene rings is 2. The molecule has 2 bridgehead atoms. The van der Waals surface area contributed by atoms with Gasteiger partial charge in [0, 0.05) is 10.3 Å². The molecule has 26 heavy (non-hydrogen) atoms. The molecule has 3 nitrogen and oxygen atoms in total. The summed E-state index contributed by atoms with van der Waals surface area (Å²) in [5.74, 6) is -0.0750. The summed E-state index contributed by atoms with van der Waals surface area (Å²) in [5, 5.41) is 0. The van der Waals surface area contributed by atoms with Gasteiger partial charge in [0.2, 0.25) is 0 Å². The number of alkyl halides is 1. The number of esters is 1. The molecule has 0 spiro atoms. The summed E-state index contributed by atoms with van der Waals surface area (Å²) < 4.78 is 13.0. The van der Waals surface area contributed by atoms with E-state index in [1.165, 1.54) is 11.1 Å². The lowest BCUT2D eigenvalue weighted by Crippen LogP contribution is -2.52. The third-order valence-electron chi connectivity index (χ3n) is 5.74. The lowest BCUT2D eigenvalue weighted by Gasteiger charge is -2.43. The van der Waals surface area contributed by atoms with E-state index in [2.05, 4.69) is 71.1 Å². The minimum atomic E-state index is -0.530. The molecule has 1 unspecified atom stereocenters. The lowest BCUT2D eigenvalue weighted by molar-refractivity contribution is -0.161. The first-order chi connectivity index (χ1) is 12.6. The Morgan fingerprint density at radius 1 is 1.12 bits per heavy atom. The molecule has 2 saturated heterocycles. The zero-order valence-corrected chi connectivity index (χ0v) is 17.0. The van der Waals surface area contributed by atoms with Crippen LogP contribution < -0.4 is 0 Å². The molecule has 0 aromatic heterocycles. The normalized spacial score (nSPS) is 29.4. The molecule has 1 atom stereocenters. The van der Waals surface area contributed by atoms with E-state index in [9.17, 15) is 4.79 Å². The maximum absolute atomic E-state index is 12.9. The quantitative estimate of drug-likeness (QED) is 0.354. The molecule has 136 valence electrons. The maximum Gasteiger partial charge on any atom is 0.314 e. The Hall–Kier alpha value is -1.40. The van der Waals surface area contributed by atoms with Crippen LogP contribution in [0.25, 0.3) is 0 Å². The van der Waals surface area contributed by atoms with Crippen LogP contribution in [0.2, 0.25) is 0 Å². The van der Waals surface area contributed by atoms with Gasteiger partial charge in [-0.25, -0.2) is 0 Å². The van der Waals surface area contributed by atoms with Gasteiger partial charge >= 0.3 is 5.97 Å². The predicted octanol–water partition coefficient (Wildman–Crippen LogP) is 4.73. The summed E-state index contributed by atoms with van der Waals surface area (Å²) in [4.78, 5) is 12.9. The molecular weight excluding hydrogens is 439 g/mol. The van der Waals surface area contributed by atoms with E-state index < -0.39 is 5.41 Å². The highest BCUT2D eigenvalue weighted by atomic mass is 127. The van der Waals surface area contributed by atoms with Crippen LogP contribution in [0.4, 0.5) is 0 Å². The highest BCUT2D eigenvalue weighted by molar-refractivity contribution is 14.1. The van der Waals surface area contributed by atoms with Gasteiger partial charge in [0.25, 0.3) is 0 Å². The molecule has 0 N–H and O–H groups in total. The largest absolute Gasteiger partial charge is 0.465 e. The number of fused-ring (bicyclic) bond motifs is 1. The van der Waals surface area contributed by atoms with Crippen molar-refractivity contribution in [2.24, 2.45) is 5.41 Å². The summed E-state index contributed by atoms with van der Waals surface area (Å²) in [6.45, 7) is 2.28. The second-order valence-electron chi connectivity index (χ2n) is 7.38. The number of carbonyl (C=O) groups is 1. The van der Waals surface area contributed by atoms with Gasteiger partial charge in [-0.15, -0.1) is 0 Å². The van der Waals surface area contributed by atoms with Gasteiger partial charge in [-0.3, -0.25) is 4.79 Å². The molecule has 1 saturated carbocycles. The Bertz CT molecular complexity index is 729. The number of hydrogen-bond acceptors (Lipinski definition) is 3. The van der Waals surface area contributed by atoms with Crippen molar-refractivity contribution < 1.29 is 14.3 Å². The lowest BCUT2D eigenvalue weighted by atomic mass is 9.58. The SMILES string of the molecule is CCOC(=O)C12CC(CI)(C1)OC2C(c1ccccc1)c1ccccc1. The monoisotopic (exact) mass is 462 g/mol. The van der Waals surface area contributed by atoms with Crippen molar-refractivity contribution in [2.75, 3.05) is 11.0 Å². The first-order valence-electron chi connectivity index (χ1n) is 9.15. The Morgan fingerprint density at radius 2 is 1.65 bits per heavy atom. The molecule has 1 aliphatic carbocycles. The van der Waals surface area contributed by atoms with Crippen molar-refractivity contribution in [3.63, 3.8) is 0 Å². The van der Waals surface area contributed by atoms with E-state index in [0.29, 0.717) is 6.61 Å². The highest BCUT2D eigenvalue weighted by Crippen LogP contribution is 2.66. The zero-order chi connectivity index (χ0) is 18.2. The van der Waals surface area contributed by atoms with Gasteiger partial charge in [0.15, 0.2) is 0 Å². The predicted molar refractivity (Wildman–Crippen MR) is 110 cm³/mol. The van der Waals surface area contributed by atoms with E-state index >= 15 is 0 Å². The molecule has 2 aromatic rings. The Labute approximate surface area is 168 Å². The van der Waals surface area contributed by atoms with Crippen molar-refractivity contribution in [3.05, 3.63) is 71.8 Å². The molecule has 2 aromatic carbocycles. The van der Waals surface area contributed by atoms with Crippen molar-refractivity contribution in [1.82, 2.24) is 0 Å². The number of halogens is 1. The van der Waals surface area contributed by atoms with Gasteiger partial charge in [0.05, 0.1) is 18.3 Å². The maximum atomic E-state index is 12.9. The number of ether oxygens (including phenoxy) is 2. The first-order valence-corrected chi connectivity index (χ1v) is 10.7. The molecule has 3 fully saturated rings. The average molecular weight is 462 g/mol. The Kier molecular flexibility index (Phi) is 4.82. The number of carbonyl (C=O) groups excluding carboxylic acids is 1. The van der Waals surface area contributed by atoms with Crippen LogP contribution in [0, 0.1) is 5.41 Å². The van der Waals surface area contributed by atoms with Crippen molar-refractivity contribution in [2.45, 2.75) is 37.4 Å². The molecule has 5 rings (SSSR count). The molecule has 2 heterocycles. The van der Waals surface area contributed by atoms with E-state index in [-0.39, 0.29) is 23.6 Å². The van der Waals surface area contributed by atoms with Crippen molar-refractivity contribution >= 4 is 28.6 Å². The van der Waals surface area contributed by atoms with Crippen LogP contribution in [0.5, 0.6) is 0 Å². The van der Waals surface area contributed by atoms with Crippen LogP contribution in [0.15, 0.2) is 60.7 Å². The number of hydrogen-bond donors (Lipinski definition) is 0. The minimum Gasteiger partial charge on any atom is -0.465 e. The van der Waals surface area contributed by atoms with Gasteiger partial charge in [0.1, 0.15) is 5.41 Å². The smallest absolute Gasteiger partial charge is 0.314 e. The van der Waals surface area contributed by atoms with Gasteiger partial charge < -0.3 is 9.47 Å². The van der Waals surface area contributed by atoms with Crippen LogP contribution in [-0.4, -0.2) is 28.7 Å². The average Bonchev–Trinajstić information content (AvgIpc) is 3.16. The van der Waals surface area contributed by atoms with Crippen LogP contribution >= 0.6 is 22.6 Å². The Morgan fingerprint density at radius 3 is 2.12 bits per heavy atom. The minimum absolute atomic E-state index is 0.0223. The van der Waals surface area contributed by atoms with E-state index in [1.807, 2.05) is 19.1 Å². The molecule has 3 aliphatic rings. The van der Waals surface area contributed by atoms with Gasteiger partial charge in [-0.2, -0.15) is 0 Å². The molecule has 2 aliphatic heterocycles. The fourth-order valence-corrected chi connectivity index (χ4v) is 5.39. The number of rotatable bonds is 6. The van der Waals surface area contributed by atoms with Gasteiger partial charge in [-0.1, -0.05) is 83.3 Å². The zero-order valence-electron chi connectivity index (χ0n) is 14.9. The van der Waals surface area contributed by atoms with E-state index in [4.69, 9.17) is 9.47 Å². The standard InChI is InChI=1S/C22H23IO3/c1-2-25-20(24)22-13-21(14-22,15-23)26-19(22)18(16-9-5-3-6-10-16)17-11-7-4-8-12-17/h3-12,18-19H,2,13-15H2,1H3. The molecule has 4 heteroatoms. The first kappa shape index (κ1) is 18.0. The second kappa shape index (κ2) is 6.97. The summed E-state index contributed by atoms with van der Waals surface area (Å²) in [6, 6.07) is 20.8. The summed E-state index contributed by atoms with van der Waals surface area (Å²) >= 11 is 2.38. The topological polar surface area (TPSA) is 35.5 Å². The third kappa shape index (κ3) is 2.78. The fraction of sp³-hybridized carbons (Fsp3) is 0.409. The van der Waals surface area contributed by atoms with Crippen LogP contribution in [0.1, 0.15) is 36.8 Å². The summed E-state index contributed by atoms with van der Waals surface area (Å²) in [7, 11) is 0. The second-order valence-corrected chi connectivity index (χ2v) is 8.15.